The van der Waals surface area contributed by atoms with Gasteiger partial charge in [-0.2, -0.15) is 0 Å². The van der Waals surface area contributed by atoms with Gasteiger partial charge in [-0.3, -0.25) is 0 Å². The van der Waals surface area contributed by atoms with Crippen LogP contribution in [0.2, 0.25) is 0 Å². The number of aromatic nitrogens is 1. The molecule has 2 rings (SSSR count). The lowest BCUT2D eigenvalue weighted by Gasteiger charge is -2.23. The van der Waals surface area contributed by atoms with Crippen LogP contribution in [0.3, 0.4) is 0 Å². The number of nitrogens with zero attached hydrogens (tertiary/aromatic N) is 1. The summed E-state index contributed by atoms with van der Waals surface area (Å²) in [5.41, 5.74) is 0. The minimum absolute atomic E-state index is 0. The summed E-state index contributed by atoms with van der Waals surface area (Å²) in [6.07, 6.45) is 7.65. The summed E-state index contributed by atoms with van der Waals surface area (Å²) in [4.78, 5) is 3.97. The van der Waals surface area contributed by atoms with E-state index in [1.54, 1.807) is 18.3 Å². The second-order valence-electron chi connectivity index (χ2n) is 4.47. The quantitative estimate of drug-likeness (QED) is 0.809. The molecule has 0 aliphatic carbocycles. The molecule has 2 N–H and O–H groups in total. The molecule has 102 valence electrons. The van der Waals surface area contributed by atoms with Crippen LogP contribution < -0.4 is 10.1 Å². The third-order valence-electron chi connectivity index (χ3n) is 3.10. The smallest absolute Gasteiger partial charge is 0.256 e. The van der Waals surface area contributed by atoms with Crippen molar-refractivity contribution in [3.05, 3.63) is 18.3 Å². The van der Waals surface area contributed by atoms with Crippen LogP contribution in [-0.4, -0.2) is 29.3 Å². The Kier molecular flexibility index (Phi) is 6.83. The fourth-order valence-corrected chi connectivity index (χ4v) is 2.16. The molecule has 1 unspecified atom stereocenters. The van der Waals surface area contributed by atoms with Crippen molar-refractivity contribution in [1.29, 1.82) is 0 Å². The monoisotopic (exact) mass is 272 g/mol. The Balaban J connectivity index is 0.00000162. The maximum Gasteiger partial charge on any atom is 0.256 e. The summed E-state index contributed by atoms with van der Waals surface area (Å²) in [6.45, 7) is 1.76. The third-order valence-corrected chi connectivity index (χ3v) is 3.10. The van der Waals surface area contributed by atoms with Gasteiger partial charge < -0.3 is 15.2 Å². The summed E-state index contributed by atoms with van der Waals surface area (Å²) < 4.78 is 5.44. The molecule has 1 aromatic rings. The fraction of sp³-hybridized carbons (Fsp3) is 0.615. The molecule has 1 fully saturated rings. The van der Waals surface area contributed by atoms with E-state index in [0.717, 1.165) is 19.4 Å². The van der Waals surface area contributed by atoms with Crippen molar-refractivity contribution in [3.63, 3.8) is 0 Å². The van der Waals surface area contributed by atoms with E-state index in [4.69, 9.17) is 4.74 Å². The van der Waals surface area contributed by atoms with E-state index in [-0.39, 0.29) is 18.2 Å². The average molecular weight is 273 g/mol. The SMILES string of the molecule is Cl.Oc1cccnc1OCCCC1CCCCN1. The minimum atomic E-state index is 0. The molecule has 18 heavy (non-hydrogen) atoms. The van der Waals surface area contributed by atoms with Crippen LogP contribution in [0.1, 0.15) is 32.1 Å². The first kappa shape index (κ1) is 15.1. The first-order valence-corrected chi connectivity index (χ1v) is 6.36. The Morgan fingerprint density at radius 2 is 2.33 bits per heavy atom. The topological polar surface area (TPSA) is 54.4 Å². The van der Waals surface area contributed by atoms with Crippen LogP contribution in [0.15, 0.2) is 18.3 Å². The molecule has 0 aromatic carbocycles. The molecule has 1 saturated heterocycles. The number of hydrogen-bond donors (Lipinski definition) is 2. The Morgan fingerprint density at radius 3 is 3.06 bits per heavy atom. The summed E-state index contributed by atoms with van der Waals surface area (Å²) in [6, 6.07) is 3.92. The zero-order valence-electron chi connectivity index (χ0n) is 10.5. The highest BCUT2D eigenvalue weighted by molar-refractivity contribution is 5.85. The Labute approximate surface area is 114 Å². The van der Waals surface area contributed by atoms with Crippen LogP contribution in [0.5, 0.6) is 11.6 Å². The van der Waals surface area contributed by atoms with Crippen molar-refractivity contribution >= 4 is 12.4 Å². The van der Waals surface area contributed by atoms with Gasteiger partial charge in [0.25, 0.3) is 5.88 Å². The van der Waals surface area contributed by atoms with Crippen molar-refractivity contribution in [2.75, 3.05) is 13.2 Å². The number of aromatic hydroxyl groups is 1. The lowest BCUT2D eigenvalue weighted by atomic mass is 10.0. The van der Waals surface area contributed by atoms with E-state index in [2.05, 4.69) is 10.3 Å². The fourth-order valence-electron chi connectivity index (χ4n) is 2.16. The first-order valence-electron chi connectivity index (χ1n) is 6.36. The summed E-state index contributed by atoms with van der Waals surface area (Å²) in [7, 11) is 0. The molecular formula is C13H21ClN2O2. The molecule has 2 heterocycles. The second kappa shape index (κ2) is 8.16. The van der Waals surface area contributed by atoms with Gasteiger partial charge in [0.1, 0.15) is 0 Å². The van der Waals surface area contributed by atoms with E-state index in [1.165, 1.54) is 19.3 Å². The molecule has 1 aromatic heterocycles. The van der Waals surface area contributed by atoms with Gasteiger partial charge in [0, 0.05) is 12.2 Å². The van der Waals surface area contributed by atoms with Crippen molar-refractivity contribution in [3.8, 4) is 11.6 Å². The Morgan fingerprint density at radius 1 is 1.44 bits per heavy atom. The number of hydrogen-bond acceptors (Lipinski definition) is 4. The summed E-state index contributed by atoms with van der Waals surface area (Å²) >= 11 is 0. The maximum absolute atomic E-state index is 9.46. The van der Waals surface area contributed by atoms with E-state index in [0.29, 0.717) is 18.5 Å². The van der Waals surface area contributed by atoms with Gasteiger partial charge in [0.2, 0.25) is 0 Å². The first-order chi connectivity index (χ1) is 8.36. The maximum atomic E-state index is 9.46. The normalized spacial score (nSPS) is 19.0. The van der Waals surface area contributed by atoms with Gasteiger partial charge in [-0.25, -0.2) is 4.98 Å². The molecule has 0 saturated carbocycles. The van der Waals surface area contributed by atoms with Gasteiger partial charge in [0.15, 0.2) is 5.75 Å². The molecular weight excluding hydrogens is 252 g/mol. The summed E-state index contributed by atoms with van der Waals surface area (Å²) in [5, 5.41) is 13.0. The summed E-state index contributed by atoms with van der Waals surface area (Å²) in [5.74, 6) is 0.451. The van der Waals surface area contributed by atoms with Crippen molar-refractivity contribution in [2.24, 2.45) is 0 Å². The highest BCUT2D eigenvalue weighted by atomic mass is 35.5. The van der Waals surface area contributed by atoms with Crippen LogP contribution in [0.4, 0.5) is 0 Å². The molecule has 1 aliphatic rings. The zero-order valence-corrected chi connectivity index (χ0v) is 11.3. The van der Waals surface area contributed by atoms with E-state index in [9.17, 15) is 5.11 Å². The van der Waals surface area contributed by atoms with E-state index < -0.39 is 0 Å². The predicted octanol–water partition coefficient (Wildman–Crippen LogP) is 2.51. The van der Waals surface area contributed by atoms with Gasteiger partial charge in [-0.05, 0) is 44.4 Å². The highest BCUT2D eigenvalue weighted by Gasteiger charge is 2.11. The van der Waals surface area contributed by atoms with Gasteiger partial charge in [-0.1, -0.05) is 6.42 Å². The van der Waals surface area contributed by atoms with E-state index in [1.807, 2.05) is 0 Å². The molecule has 1 aliphatic heterocycles. The molecule has 4 nitrogen and oxygen atoms in total. The Bertz CT molecular complexity index is 344. The molecule has 0 amide bonds. The Hall–Kier alpha value is -1.00. The third kappa shape index (κ3) is 4.70. The number of nitrogens with one attached hydrogen (secondary N) is 1. The average Bonchev–Trinajstić information content (AvgIpc) is 2.38. The zero-order chi connectivity index (χ0) is 11.9. The number of rotatable bonds is 5. The number of halogens is 1. The van der Waals surface area contributed by atoms with Crippen LogP contribution in [-0.2, 0) is 0 Å². The van der Waals surface area contributed by atoms with Gasteiger partial charge in [0.05, 0.1) is 6.61 Å². The molecule has 0 bridgehead atoms. The molecule has 5 heteroatoms. The predicted molar refractivity (Wildman–Crippen MR) is 73.5 cm³/mol. The lowest BCUT2D eigenvalue weighted by molar-refractivity contribution is 0.264. The van der Waals surface area contributed by atoms with Crippen molar-refractivity contribution < 1.29 is 9.84 Å². The number of pyridine rings is 1. The number of piperidine rings is 1. The number of ether oxygens (including phenoxy) is 1. The van der Waals surface area contributed by atoms with Crippen molar-refractivity contribution in [2.45, 2.75) is 38.1 Å². The molecule has 0 radical (unpaired) electrons. The minimum Gasteiger partial charge on any atom is -0.503 e. The van der Waals surface area contributed by atoms with Crippen molar-refractivity contribution in [1.82, 2.24) is 10.3 Å². The van der Waals surface area contributed by atoms with E-state index >= 15 is 0 Å². The standard InChI is InChI=1S/C13H20N2O2.ClH/c16-12-7-3-9-15-13(12)17-10-4-6-11-5-1-2-8-14-11;/h3,7,9,11,14,16H,1-2,4-6,8,10H2;1H. The van der Waals surface area contributed by atoms with Gasteiger partial charge >= 0.3 is 0 Å². The lowest BCUT2D eigenvalue weighted by Crippen LogP contribution is -2.34. The largest absolute Gasteiger partial charge is 0.503 e. The molecule has 1 atom stereocenters. The van der Waals surface area contributed by atoms with Crippen LogP contribution in [0.25, 0.3) is 0 Å². The van der Waals surface area contributed by atoms with Gasteiger partial charge in [-0.15, -0.1) is 12.4 Å². The second-order valence-corrected chi connectivity index (χ2v) is 4.47. The van der Waals surface area contributed by atoms with Crippen LogP contribution in [0, 0.1) is 0 Å². The van der Waals surface area contributed by atoms with Crippen LogP contribution >= 0.6 is 12.4 Å². The highest BCUT2D eigenvalue weighted by Crippen LogP contribution is 2.21. The molecule has 0 spiro atoms.